The van der Waals surface area contributed by atoms with Crippen LogP contribution in [0.3, 0.4) is 0 Å². The maximum Gasteiger partial charge on any atom is 0.407 e. The monoisotopic (exact) mass is 451 g/mol. The molecule has 2 N–H and O–H groups in total. The Labute approximate surface area is 193 Å². The zero-order valence-corrected chi connectivity index (χ0v) is 18.5. The molecular weight excluding hydrogens is 422 g/mol. The van der Waals surface area contributed by atoms with Gasteiger partial charge in [-0.15, -0.1) is 0 Å². The average Bonchev–Trinajstić information content (AvgIpc) is 2.82. The Hall–Kier alpha value is -3.42. The molecule has 2 aromatic carbocycles. The molecule has 3 atom stereocenters. The lowest BCUT2D eigenvalue weighted by molar-refractivity contribution is 0.0606. The molecule has 174 valence electrons. The Bertz CT molecular complexity index is 1000. The van der Waals surface area contributed by atoms with E-state index >= 15 is 0 Å². The Morgan fingerprint density at radius 2 is 1.85 bits per heavy atom. The van der Waals surface area contributed by atoms with E-state index in [0.29, 0.717) is 26.1 Å². The highest BCUT2D eigenvalue weighted by molar-refractivity contribution is 5.68. The predicted octanol–water partition coefficient (Wildman–Crippen LogP) is 3.64. The molecule has 33 heavy (non-hydrogen) atoms. The molecule has 0 aliphatic carbocycles. The van der Waals surface area contributed by atoms with Gasteiger partial charge in [-0.2, -0.15) is 0 Å². The number of ether oxygens (including phenoxy) is 2. The summed E-state index contributed by atoms with van der Waals surface area (Å²) in [7, 11) is 0. The van der Waals surface area contributed by atoms with Crippen LogP contribution in [0, 0.1) is 0 Å². The van der Waals surface area contributed by atoms with Gasteiger partial charge in [0.2, 0.25) is 0 Å². The van der Waals surface area contributed by atoms with Gasteiger partial charge in [0.1, 0.15) is 19.0 Å². The first-order valence-corrected chi connectivity index (χ1v) is 11.6. The van der Waals surface area contributed by atoms with Crippen molar-refractivity contribution in [2.24, 2.45) is 0 Å². The van der Waals surface area contributed by atoms with Crippen molar-refractivity contribution >= 4 is 17.9 Å². The summed E-state index contributed by atoms with van der Waals surface area (Å²) in [4.78, 5) is 27.8. The summed E-state index contributed by atoms with van der Waals surface area (Å²) in [5.74, 6) is 0.828. The molecule has 8 nitrogen and oxygen atoms in total. The second kappa shape index (κ2) is 9.21. The summed E-state index contributed by atoms with van der Waals surface area (Å²) >= 11 is 0. The lowest BCUT2D eigenvalue weighted by atomic mass is 9.91. The van der Waals surface area contributed by atoms with Crippen molar-refractivity contribution in [3.63, 3.8) is 0 Å². The molecule has 8 heteroatoms. The highest BCUT2D eigenvalue weighted by atomic mass is 16.5. The lowest BCUT2D eigenvalue weighted by Gasteiger charge is -2.49. The number of rotatable bonds is 4. The highest BCUT2D eigenvalue weighted by Crippen LogP contribution is 2.35. The van der Waals surface area contributed by atoms with Gasteiger partial charge in [0.25, 0.3) is 0 Å². The summed E-state index contributed by atoms with van der Waals surface area (Å²) in [6, 6.07) is 15.7. The molecule has 2 fully saturated rings. The molecule has 5 rings (SSSR count). The smallest absolute Gasteiger partial charge is 0.407 e. The number of piperidine rings is 1. The number of fused-ring (bicyclic) bond motifs is 3. The molecule has 3 unspecified atom stereocenters. The zero-order chi connectivity index (χ0) is 22.8. The minimum Gasteiger partial charge on any atom is -0.491 e. The van der Waals surface area contributed by atoms with E-state index in [-0.39, 0.29) is 24.7 Å². The van der Waals surface area contributed by atoms with Crippen LogP contribution in [0.4, 0.5) is 15.3 Å². The van der Waals surface area contributed by atoms with Crippen molar-refractivity contribution in [3.8, 4) is 5.75 Å². The van der Waals surface area contributed by atoms with Crippen LogP contribution in [0.5, 0.6) is 5.75 Å². The van der Waals surface area contributed by atoms with E-state index in [1.54, 1.807) is 4.90 Å². The fourth-order valence-electron chi connectivity index (χ4n) is 5.21. The molecule has 3 aliphatic heterocycles. The summed E-state index contributed by atoms with van der Waals surface area (Å²) in [5.41, 5.74) is 3.05. The van der Waals surface area contributed by atoms with Gasteiger partial charge >= 0.3 is 12.2 Å². The second-order valence-electron chi connectivity index (χ2n) is 9.04. The standard InChI is InChI=1S/C25H29N3O5/c29-24(33-15-17-5-2-1-3-6-17)26-19-11-18-9-10-20(12-23(18)32-16-19)27-13-21-7-4-8-22(14-27)28(21)25(30)31/h1-3,5-6,9-10,12,19,21-22H,4,7-8,11,13-16H2,(H,26,29)(H,30,31). The first-order valence-electron chi connectivity index (χ1n) is 11.6. The van der Waals surface area contributed by atoms with Crippen molar-refractivity contribution < 1.29 is 24.2 Å². The van der Waals surface area contributed by atoms with Crippen molar-refractivity contribution in [1.29, 1.82) is 0 Å². The number of nitrogens with one attached hydrogen (secondary N) is 1. The van der Waals surface area contributed by atoms with Crippen LogP contribution in [-0.2, 0) is 17.8 Å². The predicted molar refractivity (Wildman–Crippen MR) is 123 cm³/mol. The molecule has 0 aromatic heterocycles. The fourth-order valence-corrected chi connectivity index (χ4v) is 5.21. The molecule has 2 saturated heterocycles. The Morgan fingerprint density at radius 3 is 2.58 bits per heavy atom. The molecular formula is C25H29N3O5. The zero-order valence-electron chi connectivity index (χ0n) is 18.5. The van der Waals surface area contributed by atoms with Gasteiger partial charge in [-0.25, -0.2) is 9.59 Å². The molecule has 0 saturated carbocycles. The number of hydrogen-bond donors (Lipinski definition) is 2. The number of piperazine rings is 1. The molecule has 2 aromatic rings. The van der Waals surface area contributed by atoms with Crippen molar-refractivity contribution in [2.75, 3.05) is 24.6 Å². The van der Waals surface area contributed by atoms with Crippen LogP contribution < -0.4 is 15.0 Å². The Balaban J connectivity index is 1.18. The molecule has 2 amide bonds. The third kappa shape index (κ3) is 4.69. The number of anilines is 1. The minimum atomic E-state index is -0.807. The van der Waals surface area contributed by atoms with E-state index in [1.165, 1.54) is 0 Å². The number of nitrogens with zero attached hydrogens (tertiary/aromatic N) is 2. The third-order valence-corrected chi connectivity index (χ3v) is 6.80. The van der Waals surface area contributed by atoms with Crippen molar-refractivity contribution in [2.45, 2.75) is 50.4 Å². The van der Waals surface area contributed by atoms with Crippen LogP contribution in [-0.4, -0.2) is 60.0 Å². The maximum absolute atomic E-state index is 12.2. The molecule has 0 radical (unpaired) electrons. The second-order valence-corrected chi connectivity index (χ2v) is 9.04. The van der Waals surface area contributed by atoms with Crippen LogP contribution in [0.15, 0.2) is 48.5 Å². The largest absolute Gasteiger partial charge is 0.491 e. The van der Waals surface area contributed by atoms with E-state index in [4.69, 9.17) is 9.47 Å². The van der Waals surface area contributed by atoms with Crippen molar-refractivity contribution in [1.82, 2.24) is 10.2 Å². The number of carboxylic acid groups (broad SMARTS) is 1. The number of alkyl carbamates (subject to hydrolysis) is 1. The van der Waals surface area contributed by atoms with Gasteiger partial charge in [0, 0.05) is 24.8 Å². The number of amides is 2. The van der Waals surface area contributed by atoms with Gasteiger partial charge in [-0.1, -0.05) is 36.4 Å². The molecule has 3 heterocycles. The van der Waals surface area contributed by atoms with Crippen LogP contribution >= 0.6 is 0 Å². The van der Waals surface area contributed by atoms with Gasteiger partial charge < -0.3 is 24.8 Å². The number of carbonyl (C=O) groups excluding carboxylic acids is 1. The van der Waals surface area contributed by atoms with E-state index in [2.05, 4.69) is 16.3 Å². The van der Waals surface area contributed by atoms with Gasteiger partial charge in [-0.05, 0) is 42.9 Å². The topological polar surface area (TPSA) is 91.3 Å². The Morgan fingerprint density at radius 1 is 1.09 bits per heavy atom. The van der Waals surface area contributed by atoms with E-state index < -0.39 is 12.2 Å². The lowest BCUT2D eigenvalue weighted by Crippen LogP contribution is -2.62. The number of benzene rings is 2. The quantitative estimate of drug-likeness (QED) is 0.738. The molecule has 3 aliphatic rings. The summed E-state index contributed by atoms with van der Waals surface area (Å²) in [6.07, 6.45) is 2.33. The number of carbonyl (C=O) groups is 2. The fraction of sp³-hybridized carbons (Fsp3) is 0.440. The van der Waals surface area contributed by atoms with E-state index in [1.807, 2.05) is 42.5 Å². The van der Waals surface area contributed by atoms with Crippen LogP contribution in [0.2, 0.25) is 0 Å². The Kier molecular flexibility index (Phi) is 5.98. The first-order chi connectivity index (χ1) is 16.1. The van der Waals surface area contributed by atoms with Gasteiger partial charge in [0.15, 0.2) is 0 Å². The first kappa shape index (κ1) is 21.4. The summed E-state index contributed by atoms with van der Waals surface area (Å²) in [5, 5.41) is 12.5. The summed E-state index contributed by atoms with van der Waals surface area (Å²) < 4.78 is 11.3. The van der Waals surface area contributed by atoms with E-state index in [0.717, 1.165) is 41.8 Å². The highest BCUT2D eigenvalue weighted by Gasteiger charge is 2.40. The van der Waals surface area contributed by atoms with Crippen molar-refractivity contribution in [3.05, 3.63) is 59.7 Å². The van der Waals surface area contributed by atoms with Gasteiger partial charge in [0.05, 0.1) is 18.1 Å². The van der Waals surface area contributed by atoms with E-state index in [9.17, 15) is 14.7 Å². The van der Waals surface area contributed by atoms with Crippen LogP contribution in [0.25, 0.3) is 0 Å². The average molecular weight is 452 g/mol. The van der Waals surface area contributed by atoms with Crippen LogP contribution in [0.1, 0.15) is 30.4 Å². The maximum atomic E-state index is 12.2. The SMILES string of the molecule is O=C(NC1COc2cc(N3CC4CCCC(C3)N4C(=O)O)ccc2C1)OCc1ccccc1. The normalized spacial score (nSPS) is 23.8. The molecule has 2 bridgehead atoms. The molecule has 0 spiro atoms. The minimum absolute atomic E-state index is 0.0439. The summed E-state index contributed by atoms with van der Waals surface area (Å²) in [6.45, 7) is 2.03. The van der Waals surface area contributed by atoms with Gasteiger partial charge in [-0.3, -0.25) is 4.90 Å². The third-order valence-electron chi connectivity index (χ3n) is 6.80. The number of hydrogen-bond acceptors (Lipinski definition) is 5.